The van der Waals surface area contributed by atoms with Gasteiger partial charge in [-0.1, -0.05) is 32.0 Å². The lowest BCUT2D eigenvalue weighted by atomic mass is 9.64. The number of pyridine rings is 1. The summed E-state index contributed by atoms with van der Waals surface area (Å²) in [5.74, 6) is 0. The highest BCUT2D eigenvalue weighted by Crippen LogP contribution is 2.51. The van der Waals surface area contributed by atoms with E-state index < -0.39 is 0 Å². The quantitative estimate of drug-likeness (QED) is 0.729. The van der Waals surface area contributed by atoms with Gasteiger partial charge in [-0.3, -0.25) is 9.88 Å². The molecule has 0 spiro atoms. The van der Waals surface area contributed by atoms with E-state index in [1.807, 2.05) is 25.3 Å². The molecule has 152 valence electrons. The Morgan fingerprint density at radius 3 is 2.52 bits per heavy atom. The second-order valence-corrected chi connectivity index (χ2v) is 9.62. The SMILES string of the molecule is Cc1ccc(CN2CC[C@@](CCc3ccc(C#N)cc3)([C@H]3OCC3(C)C)C2)cn1. The number of ether oxygens (including phenoxy) is 1. The van der Waals surface area contributed by atoms with Crippen LogP contribution in [0, 0.1) is 29.1 Å². The molecular formula is C25H31N3O. The average Bonchev–Trinajstić information content (AvgIpc) is 3.11. The molecule has 0 unspecified atom stereocenters. The maximum Gasteiger partial charge on any atom is 0.0991 e. The Morgan fingerprint density at radius 1 is 1.17 bits per heavy atom. The van der Waals surface area contributed by atoms with Crippen LogP contribution in [0.1, 0.15) is 49.1 Å². The van der Waals surface area contributed by atoms with Crippen molar-refractivity contribution in [2.75, 3.05) is 19.7 Å². The maximum absolute atomic E-state index is 9.03. The van der Waals surface area contributed by atoms with Crippen molar-refractivity contribution in [1.29, 1.82) is 5.26 Å². The summed E-state index contributed by atoms with van der Waals surface area (Å²) in [5, 5.41) is 9.03. The first-order chi connectivity index (χ1) is 13.9. The number of aromatic nitrogens is 1. The smallest absolute Gasteiger partial charge is 0.0991 e. The topological polar surface area (TPSA) is 49.2 Å². The van der Waals surface area contributed by atoms with Gasteiger partial charge < -0.3 is 4.74 Å². The van der Waals surface area contributed by atoms with Gasteiger partial charge in [0, 0.05) is 35.8 Å². The molecule has 0 saturated carbocycles. The number of rotatable bonds is 6. The lowest BCUT2D eigenvalue weighted by molar-refractivity contribution is -0.223. The molecule has 0 bridgehead atoms. The van der Waals surface area contributed by atoms with Crippen molar-refractivity contribution in [2.24, 2.45) is 10.8 Å². The molecule has 2 aliphatic heterocycles. The molecular weight excluding hydrogens is 358 g/mol. The number of hydrogen-bond donors (Lipinski definition) is 0. The van der Waals surface area contributed by atoms with E-state index in [4.69, 9.17) is 10.00 Å². The maximum atomic E-state index is 9.03. The van der Waals surface area contributed by atoms with Crippen LogP contribution in [0.2, 0.25) is 0 Å². The third-order valence-electron chi connectivity index (χ3n) is 6.73. The fourth-order valence-corrected chi connectivity index (χ4v) is 5.16. The van der Waals surface area contributed by atoms with Crippen LogP contribution in [-0.2, 0) is 17.7 Å². The number of benzene rings is 1. The molecule has 2 atom stereocenters. The van der Waals surface area contributed by atoms with Crippen molar-refractivity contribution in [2.45, 2.75) is 52.7 Å². The first kappa shape index (κ1) is 20.1. The number of likely N-dealkylation sites (tertiary alicyclic amines) is 1. The zero-order valence-corrected chi connectivity index (χ0v) is 17.8. The third kappa shape index (κ3) is 4.22. The first-order valence-electron chi connectivity index (χ1n) is 10.6. The fraction of sp³-hybridized carbons (Fsp3) is 0.520. The van der Waals surface area contributed by atoms with Gasteiger partial charge in [0.15, 0.2) is 0 Å². The van der Waals surface area contributed by atoms with Crippen LogP contribution in [0.15, 0.2) is 42.6 Å². The standard InChI is InChI=1S/C25H31N3O/c1-19-4-5-22(15-27-19)16-28-13-12-25(17-28,23-24(2,3)18-29-23)11-10-20-6-8-21(14-26)9-7-20/h4-9,15,23H,10-13,16-18H2,1-3H3/t23-,25+/m0/s1. The van der Waals surface area contributed by atoms with Gasteiger partial charge in [-0.2, -0.15) is 5.26 Å². The summed E-state index contributed by atoms with van der Waals surface area (Å²) in [6.45, 7) is 10.7. The predicted molar refractivity (Wildman–Crippen MR) is 114 cm³/mol. The Morgan fingerprint density at radius 2 is 1.93 bits per heavy atom. The van der Waals surface area contributed by atoms with Crippen LogP contribution >= 0.6 is 0 Å². The van der Waals surface area contributed by atoms with Crippen LogP contribution in [0.25, 0.3) is 0 Å². The number of hydrogen-bond acceptors (Lipinski definition) is 4. The zero-order chi connectivity index (χ0) is 20.5. The molecule has 4 nitrogen and oxygen atoms in total. The molecule has 0 N–H and O–H groups in total. The van der Waals surface area contributed by atoms with Gasteiger partial charge in [0.25, 0.3) is 0 Å². The minimum atomic E-state index is 0.188. The average molecular weight is 390 g/mol. The number of nitrogens with zero attached hydrogens (tertiary/aromatic N) is 3. The summed E-state index contributed by atoms with van der Waals surface area (Å²) in [7, 11) is 0. The summed E-state index contributed by atoms with van der Waals surface area (Å²) in [4.78, 5) is 7.03. The van der Waals surface area contributed by atoms with Crippen molar-refractivity contribution in [3.8, 4) is 6.07 Å². The van der Waals surface area contributed by atoms with E-state index in [1.54, 1.807) is 0 Å². The molecule has 1 aromatic heterocycles. The summed E-state index contributed by atoms with van der Waals surface area (Å²) < 4.78 is 6.19. The molecule has 2 saturated heterocycles. The van der Waals surface area contributed by atoms with Gasteiger partial charge in [-0.15, -0.1) is 0 Å². The molecule has 1 aromatic carbocycles. The molecule has 2 aromatic rings. The summed E-state index contributed by atoms with van der Waals surface area (Å²) in [5.41, 5.74) is 4.82. The van der Waals surface area contributed by atoms with Crippen molar-refractivity contribution in [1.82, 2.24) is 9.88 Å². The third-order valence-corrected chi connectivity index (χ3v) is 6.73. The van der Waals surface area contributed by atoms with Crippen molar-refractivity contribution in [3.05, 3.63) is 65.0 Å². The second-order valence-electron chi connectivity index (χ2n) is 9.62. The van der Waals surface area contributed by atoms with E-state index in [2.05, 4.69) is 54.1 Å². The normalized spacial score (nSPS) is 26.1. The molecule has 4 heteroatoms. The molecule has 0 aliphatic carbocycles. The van der Waals surface area contributed by atoms with Crippen LogP contribution in [0.3, 0.4) is 0 Å². The Labute approximate surface area is 174 Å². The monoisotopic (exact) mass is 389 g/mol. The first-order valence-corrected chi connectivity index (χ1v) is 10.6. The minimum Gasteiger partial charge on any atom is -0.376 e. The number of nitriles is 1. The van der Waals surface area contributed by atoms with Crippen molar-refractivity contribution < 1.29 is 4.74 Å². The van der Waals surface area contributed by atoms with E-state index in [0.29, 0.717) is 6.10 Å². The summed E-state index contributed by atoms with van der Waals surface area (Å²) >= 11 is 0. The van der Waals surface area contributed by atoms with Gasteiger partial charge in [0.2, 0.25) is 0 Å². The van der Waals surface area contributed by atoms with Gasteiger partial charge >= 0.3 is 0 Å². The lowest BCUT2D eigenvalue weighted by Gasteiger charge is -2.54. The summed E-state index contributed by atoms with van der Waals surface area (Å²) in [6, 6.07) is 14.6. The van der Waals surface area contributed by atoms with Gasteiger partial charge in [-0.25, -0.2) is 0 Å². The molecule has 2 aliphatic rings. The predicted octanol–water partition coefficient (Wildman–Crippen LogP) is 4.51. The van der Waals surface area contributed by atoms with E-state index in [1.165, 1.54) is 17.5 Å². The van der Waals surface area contributed by atoms with Crippen LogP contribution in [-0.4, -0.2) is 35.7 Å². The molecule has 0 radical (unpaired) electrons. The Bertz CT molecular complexity index is 882. The van der Waals surface area contributed by atoms with Crippen molar-refractivity contribution >= 4 is 0 Å². The Balaban J connectivity index is 1.48. The van der Waals surface area contributed by atoms with Gasteiger partial charge in [0.05, 0.1) is 24.3 Å². The van der Waals surface area contributed by atoms with Crippen LogP contribution < -0.4 is 0 Å². The molecule has 0 amide bonds. The van der Waals surface area contributed by atoms with Gasteiger partial charge in [0.1, 0.15) is 0 Å². The Hall–Kier alpha value is -2.22. The molecule has 2 fully saturated rings. The highest BCUT2D eigenvalue weighted by molar-refractivity contribution is 5.31. The van der Waals surface area contributed by atoms with Crippen LogP contribution in [0.4, 0.5) is 0 Å². The molecule has 3 heterocycles. The van der Waals surface area contributed by atoms with E-state index in [-0.39, 0.29) is 10.8 Å². The zero-order valence-electron chi connectivity index (χ0n) is 17.8. The molecule has 4 rings (SSSR count). The Kier molecular flexibility index (Phi) is 5.46. The minimum absolute atomic E-state index is 0.188. The molecule has 29 heavy (non-hydrogen) atoms. The summed E-state index contributed by atoms with van der Waals surface area (Å²) in [6.07, 6.45) is 5.65. The van der Waals surface area contributed by atoms with Crippen LogP contribution in [0.5, 0.6) is 0 Å². The fourth-order valence-electron chi connectivity index (χ4n) is 5.16. The lowest BCUT2D eigenvalue weighted by Crippen LogP contribution is -2.58. The highest BCUT2D eigenvalue weighted by Gasteiger charge is 2.55. The van der Waals surface area contributed by atoms with Crippen molar-refractivity contribution in [3.63, 3.8) is 0 Å². The van der Waals surface area contributed by atoms with Gasteiger partial charge in [-0.05, 0) is 62.1 Å². The van der Waals surface area contributed by atoms with E-state index in [0.717, 1.165) is 50.3 Å². The second kappa shape index (κ2) is 7.89. The largest absolute Gasteiger partial charge is 0.376 e. The van der Waals surface area contributed by atoms with E-state index in [9.17, 15) is 0 Å². The highest BCUT2D eigenvalue weighted by atomic mass is 16.5. The van der Waals surface area contributed by atoms with E-state index >= 15 is 0 Å². The number of aryl methyl sites for hydroxylation is 2.